The average molecular weight is 297 g/mol. The van der Waals surface area contributed by atoms with E-state index in [0.29, 0.717) is 19.3 Å². The summed E-state index contributed by atoms with van der Waals surface area (Å²) in [5.41, 5.74) is 0. The van der Waals surface area contributed by atoms with Gasteiger partial charge in [0, 0.05) is 25.7 Å². The van der Waals surface area contributed by atoms with E-state index >= 15 is 0 Å². The molecule has 2 aliphatic rings. The number of rotatable bonds is 7. The van der Waals surface area contributed by atoms with Crippen molar-refractivity contribution < 1.29 is 9.53 Å². The zero-order valence-electron chi connectivity index (χ0n) is 13.6. The molecule has 1 N–H and O–H groups in total. The minimum absolute atomic E-state index is 0.0166. The van der Waals surface area contributed by atoms with Crippen LogP contribution in [0.2, 0.25) is 0 Å². The number of morpholine rings is 1. The standard InChI is InChI=1S/C16H31N3O2/c1-3-4-8-19(13-15-6-5-7-17-15)14(2)16(20)18-9-11-21-12-10-18/h14-15,17H,3-13H2,1-2H3. The monoisotopic (exact) mass is 297 g/mol. The normalized spacial score (nSPS) is 24.5. The third kappa shape index (κ3) is 4.94. The zero-order chi connectivity index (χ0) is 15.1. The van der Waals surface area contributed by atoms with Crippen LogP contribution in [0, 0.1) is 0 Å². The molecule has 0 aromatic carbocycles. The van der Waals surface area contributed by atoms with Crippen LogP contribution in [0.4, 0.5) is 0 Å². The summed E-state index contributed by atoms with van der Waals surface area (Å²) in [6.07, 6.45) is 4.83. The quantitative estimate of drug-likeness (QED) is 0.764. The lowest BCUT2D eigenvalue weighted by molar-refractivity contribution is -0.140. The number of hydrogen-bond donors (Lipinski definition) is 1. The molecule has 2 atom stereocenters. The Morgan fingerprint density at radius 3 is 2.81 bits per heavy atom. The van der Waals surface area contributed by atoms with Gasteiger partial charge >= 0.3 is 0 Å². The molecular weight excluding hydrogens is 266 g/mol. The van der Waals surface area contributed by atoms with Gasteiger partial charge in [-0.15, -0.1) is 0 Å². The summed E-state index contributed by atoms with van der Waals surface area (Å²) in [6, 6.07) is 0.541. The van der Waals surface area contributed by atoms with Gasteiger partial charge in [0.15, 0.2) is 0 Å². The Bertz CT molecular complexity index is 313. The number of hydrogen-bond acceptors (Lipinski definition) is 4. The maximum absolute atomic E-state index is 12.7. The highest BCUT2D eigenvalue weighted by Gasteiger charge is 2.29. The Morgan fingerprint density at radius 2 is 2.19 bits per heavy atom. The number of ether oxygens (including phenoxy) is 1. The first-order valence-electron chi connectivity index (χ1n) is 8.56. The Labute approximate surface area is 129 Å². The lowest BCUT2D eigenvalue weighted by Crippen LogP contribution is -2.53. The maximum atomic E-state index is 12.7. The van der Waals surface area contributed by atoms with Crippen molar-refractivity contribution in [3.63, 3.8) is 0 Å². The van der Waals surface area contributed by atoms with E-state index in [4.69, 9.17) is 4.74 Å². The second-order valence-corrected chi connectivity index (χ2v) is 6.26. The second kappa shape index (κ2) is 8.71. The predicted molar refractivity (Wildman–Crippen MR) is 84.4 cm³/mol. The Kier molecular flexibility index (Phi) is 6.93. The molecule has 2 heterocycles. The van der Waals surface area contributed by atoms with Gasteiger partial charge in [0.05, 0.1) is 19.3 Å². The van der Waals surface area contributed by atoms with Gasteiger partial charge < -0.3 is 15.0 Å². The molecule has 2 rings (SSSR count). The topological polar surface area (TPSA) is 44.8 Å². The molecule has 0 saturated carbocycles. The first kappa shape index (κ1) is 16.7. The van der Waals surface area contributed by atoms with E-state index in [-0.39, 0.29) is 11.9 Å². The van der Waals surface area contributed by atoms with Gasteiger partial charge in [-0.1, -0.05) is 13.3 Å². The SMILES string of the molecule is CCCCN(CC1CCCN1)C(C)C(=O)N1CCOCC1. The lowest BCUT2D eigenvalue weighted by Gasteiger charge is -2.35. The molecule has 0 spiro atoms. The molecule has 5 heteroatoms. The summed E-state index contributed by atoms with van der Waals surface area (Å²) < 4.78 is 5.35. The highest BCUT2D eigenvalue weighted by atomic mass is 16.5. The van der Waals surface area contributed by atoms with Gasteiger partial charge in [0.25, 0.3) is 0 Å². The minimum atomic E-state index is -0.0166. The van der Waals surface area contributed by atoms with Crippen LogP contribution in [0.5, 0.6) is 0 Å². The summed E-state index contributed by atoms with van der Waals surface area (Å²) in [6.45, 7) is 10.3. The molecule has 5 nitrogen and oxygen atoms in total. The zero-order valence-corrected chi connectivity index (χ0v) is 13.6. The van der Waals surface area contributed by atoms with Crippen LogP contribution in [0.15, 0.2) is 0 Å². The molecule has 1 amide bonds. The predicted octanol–water partition coefficient (Wildman–Crippen LogP) is 1.09. The first-order valence-corrected chi connectivity index (χ1v) is 8.56. The molecular formula is C16H31N3O2. The van der Waals surface area contributed by atoms with Gasteiger partial charge in [0.1, 0.15) is 0 Å². The molecule has 2 aliphatic heterocycles. The molecule has 2 unspecified atom stereocenters. The van der Waals surface area contributed by atoms with Crippen molar-refractivity contribution in [1.82, 2.24) is 15.1 Å². The van der Waals surface area contributed by atoms with Crippen LogP contribution < -0.4 is 5.32 Å². The summed E-state index contributed by atoms with van der Waals surface area (Å²) in [5, 5.41) is 3.55. The molecule has 2 saturated heterocycles. The van der Waals surface area contributed by atoms with E-state index in [1.54, 1.807) is 0 Å². The largest absolute Gasteiger partial charge is 0.378 e. The van der Waals surface area contributed by atoms with E-state index in [2.05, 4.69) is 24.1 Å². The Morgan fingerprint density at radius 1 is 1.43 bits per heavy atom. The number of unbranched alkanes of at least 4 members (excludes halogenated alkanes) is 1. The van der Waals surface area contributed by atoms with E-state index in [1.165, 1.54) is 19.3 Å². The van der Waals surface area contributed by atoms with E-state index in [1.807, 2.05) is 4.90 Å². The summed E-state index contributed by atoms with van der Waals surface area (Å²) in [7, 11) is 0. The Hall–Kier alpha value is -0.650. The van der Waals surface area contributed by atoms with Crippen LogP contribution in [0.3, 0.4) is 0 Å². The fourth-order valence-corrected chi connectivity index (χ4v) is 3.20. The van der Waals surface area contributed by atoms with Gasteiger partial charge in [-0.3, -0.25) is 9.69 Å². The van der Waals surface area contributed by atoms with Crippen LogP contribution in [0.25, 0.3) is 0 Å². The van der Waals surface area contributed by atoms with Gasteiger partial charge in [-0.05, 0) is 39.3 Å². The number of carbonyl (C=O) groups excluding carboxylic acids is 1. The lowest BCUT2D eigenvalue weighted by atomic mass is 10.1. The van der Waals surface area contributed by atoms with Crippen molar-refractivity contribution >= 4 is 5.91 Å². The van der Waals surface area contributed by atoms with Gasteiger partial charge in [-0.25, -0.2) is 0 Å². The summed E-state index contributed by atoms with van der Waals surface area (Å²) in [5.74, 6) is 0.271. The molecule has 0 aromatic rings. The van der Waals surface area contributed by atoms with Crippen molar-refractivity contribution in [2.75, 3.05) is 45.9 Å². The molecule has 0 bridgehead atoms. The smallest absolute Gasteiger partial charge is 0.239 e. The third-order valence-corrected chi connectivity index (χ3v) is 4.64. The fourth-order valence-electron chi connectivity index (χ4n) is 3.20. The number of nitrogens with zero attached hydrogens (tertiary/aromatic N) is 2. The Balaban J connectivity index is 1.90. The number of amides is 1. The molecule has 0 aliphatic carbocycles. The number of carbonyl (C=O) groups is 1. The molecule has 122 valence electrons. The molecule has 21 heavy (non-hydrogen) atoms. The molecule has 2 fully saturated rings. The number of nitrogens with one attached hydrogen (secondary N) is 1. The molecule has 0 aromatic heterocycles. The highest BCUT2D eigenvalue weighted by molar-refractivity contribution is 5.81. The molecule has 0 radical (unpaired) electrons. The fraction of sp³-hybridized carbons (Fsp3) is 0.938. The second-order valence-electron chi connectivity index (χ2n) is 6.26. The third-order valence-electron chi connectivity index (χ3n) is 4.64. The van der Waals surface area contributed by atoms with Gasteiger partial charge in [0.2, 0.25) is 5.91 Å². The van der Waals surface area contributed by atoms with Crippen LogP contribution in [-0.4, -0.2) is 73.7 Å². The first-order chi connectivity index (χ1) is 10.2. The highest BCUT2D eigenvalue weighted by Crippen LogP contribution is 2.13. The van der Waals surface area contributed by atoms with E-state index in [9.17, 15) is 4.79 Å². The van der Waals surface area contributed by atoms with E-state index < -0.39 is 0 Å². The van der Waals surface area contributed by atoms with Gasteiger partial charge in [-0.2, -0.15) is 0 Å². The average Bonchev–Trinajstić information content (AvgIpc) is 3.04. The minimum Gasteiger partial charge on any atom is -0.378 e. The van der Waals surface area contributed by atoms with Crippen molar-refractivity contribution in [2.24, 2.45) is 0 Å². The summed E-state index contributed by atoms with van der Waals surface area (Å²) in [4.78, 5) is 17.0. The van der Waals surface area contributed by atoms with Crippen molar-refractivity contribution in [3.8, 4) is 0 Å². The van der Waals surface area contributed by atoms with Crippen LogP contribution in [-0.2, 0) is 9.53 Å². The van der Waals surface area contributed by atoms with Crippen molar-refractivity contribution in [1.29, 1.82) is 0 Å². The van der Waals surface area contributed by atoms with Crippen LogP contribution in [0.1, 0.15) is 39.5 Å². The summed E-state index contributed by atoms with van der Waals surface area (Å²) >= 11 is 0. The van der Waals surface area contributed by atoms with E-state index in [0.717, 1.165) is 39.1 Å². The maximum Gasteiger partial charge on any atom is 0.239 e. The van der Waals surface area contributed by atoms with Crippen molar-refractivity contribution in [2.45, 2.75) is 51.6 Å². The van der Waals surface area contributed by atoms with Crippen LogP contribution >= 0.6 is 0 Å². The van der Waals surface area contributed by atoms with Crippen molar-refractivity contribution in [3.05, 3.63) is 0 Å².